The standard InChI is InChI=1S/C23H24FN5O4S/c1-23(21-14-26-15-29(21)2,17-8-7-16(13-25)20(24)11-17)28-22(30)9-10-27-34(31,32)19-6-4-5-18(12-19)33-3/h4-8,11-12,14-15,27H,9-10H2,1-3H3,(H,28,30). The third-order valence-electron chi connectivity index (χ3n) is 5.38. The Morgan fingerprint density at radius 3 is 2.68 bits per heavy atom. The minimum Gasteiger partial charge on any atom is -0.497 e. The van der Waals surface area contributed by atoms with Crippen LogP contribution in [0.25, 0.3) is 0 Å². The summed E-state index contributed by atoms with van der Waals surface area (Å²) in [7, 11) is -0.688. The number of sulfonamides is 1. The van der Waals surface area contributed by atoms with Crippen LogP contribution in [-0.2, 0) is 27.4 Å². The molecule has 0 spiro atoms. The molecule has 3 rings (SSSR count). The van der Waals surface area contributed by atoms with Gasteiger partial charge >= 0.3 is 0 Å². The number of carbonyl (C=O) groups is 1. The van der Waals surface area contributed by atoms with Crippen LogP contribution in [-0.4, -0.2) is 37.5 Å². The highest BCUT2D eigenvalue weighted by Gasteiger charge is 2.34. The van der Waals surface area contributed by atoms with Gasteiger partial charge in [-0.15, -0.1) is 0 Å². The molecule has 1 amide bonds. The van der Waals surface area contributed by atoms with Gasteiger partial charge in [0.1, 0.15) is 23.2 Å². The zero-order valence-electron chi connectivity index (χ0n) is 18.9. The monoisotopic (exact) mass is 485 g/mol. The molecule has 0 radical (unpaired) electrons. The van der Waals surface area contributed by atoms with Crippen molar-refractivity contribution >= 4 is 15.9 Å². The number of halogens is 1. The van der Waals surface area contributed by atoms with Crippen LogP contribution in [0.2, 0.25) is 0 Å². The third-order valence-corrected chi connectivity index (χ3v) is 6.84. The number of aryl methyl sites for hydroxylation is 1. The zero-order chi connectivity index (χ0) is 24.9. The van der Waals surface area contributed by atoms with Crippen molar-refractivity contribution in [3.05, 3.63) is 77.6 Å². The Morgan fingerprint density at radius 2 is 2.06 bits per heavy atom. The number of nitrogens with one attached hydrogen (secondary N) is 2. The SMILES string of the molecule is COc1cccc(S(=O)(=O)NCCC(=O)NC(C)(c2ccc(C#N)c(F)c2)c2cncn2C)c1. The summed E-state index contributed by atoms with van der Waals surface area (Å²) in [6, 6.07) is 11.8. The Hall–Kier alpha value is -3.75. The Bertz CT molecular complexity index is 1350. The fourth-order valence-corrected chi connectivity index (χ4v) is 4.60. The first kappa shape index (κ1) is 24.9. The Kier molecular flexibility index (Phi) is 7.34. The van der Waals surface area contributed by atoms with Crippen LogP contribution >= 0.6 is 0 Å². The average molecular weight is 486 g/mol. The molecule has 1 aromatic heterocycles. The molecule has 0 fully saturated rings. The van der Waals surface area contributed by atoms with Gasteiger partial charge in [0, 0.05) is 26.1 Å². The number of hydrogen-bond acceptors (Lipinski definition) is 6. The van der Waals surface area contributed by atoms with Crippen LogP contribution in [0.4, 0.5) is 4.39 Å². The molecule has 178 valence electrons. The summed E-state index contributed by atoms with van der Waals surface area (Å²) in [5.74, 6) is -0.794. The number of methoxy groups -OCH3 is 1. The highest BCUT2D eigenvalue weighted by atomic mass is 32.2. The molecule has 0 aliphatic rings. The van der Waals surface area contributed by atoms with Crippen molar-refractivity contribution in [2.75, 3.05) is 13.7 Å². The predicted octanol–water partition coefficient (Wildman–Crippen LogP) is 2.19. The highest BCUT2D eigenvalue weighted by Crippen LogP contribution is 2.30. The van der Waals surface area contributed by atoms with E-state index >= 15 is 0 Å². The van der Waals surface area contributed by atoms with Crippen molar-refractivity contribution in [1.82, 2.24) is 19.6 Å². The second-order valence-electron chi connectivity index (χ2n) is 7.70. The molecule has 11 heteroatoms. The number of benzene rings is 2. The minimum atomic E-state index is -3.85. The predicted molar refractivity (Wildman–Crippen MR) is 122 cm³/mol. The molecule has 1 atom stereocenters. The molecule has 34 heavy (non-hydrogen) atoms. The second kappa shape index (κ2) is 10.0. The number of amides is 1. The number of rotatable bonds is 9. The average Bonchev–Trinajstić information content (AvgIpc) is 3.25. The van der Waals surface area contributed by atoms with E-state index in [0.717, 1.165) is 0 Å². The number of aromatic nitrogens is 2. The summed E-state index contributed by atoms with van der Waals surface area (Å²) >= 11 is 0. The maximum Gasteiger partial charge on any atom is 0.240 e. The van der Waals surface area contributed by atoms with E-state index in [2.05, 4.69) is 15.0 Å². The quantitative estimate of drug-likeness (QED) is 0.479. The molecule has 1 heterocycles. The number of nitriles is 1. The zero-order valence-corrected chi connectivity index (χ0v) is 19.7. The van der Waals surface area contributed by atoms with Gasteiger partial charge in [0.05, 0.1) is 35.8 Å². The van der Waals surface area contributed by atoms with E-state index in [1.165, 1.54) is 31.4 Å². The number of carbonyl (C=O) groups excluding carboxylic acids is 1. The van der Waals surface area contributed by atoms with Crippen LogP contribution in [0, 0.1) is 17.1 Å². The van der Waals surface area contributed by atoms with E-state index in [9.17, 15) is 17.6 Å². The first-order valence-electron chi connectivity index (χ1n) is 10.2. The Morgan fingerprint density at radius 1 is 1.29 bits per heavy atom. The molecule has 2 aromatic carbocycles. The summed E-state index contributed by atoms with van der Waals surface area (Å²) < 4.78 is 48.6. The largest absolute Gasteiger partial charge is 0.497 e. The van der Waals surface area contributed by atoms with E-state index in [1.54, 1.807) is 55.3 Å². The molecule has 2 N–H and O–H groups in total. The van der Waals surface area contributed by atoms with Gasteiger partial charge in [0.2, 0.25) is 15.9 Å². The fourth-order valence-electron chi connectivity index (χ4n) is 3.53. The van der Waals surface area contributed by atoms with Gasteiger partial charge < -0.3 is 14.6 Å². The maximum absolute atomic E-state index is 14.4. The van der Waals surface area contributed by atoms with E-state index in [1.807, 2.05) is 0 Å². The summed E-state index contributed by atoms with van der Waals surface area (Å²) in [4.78, 5) is 16.9. The van der Waals surface area contributed by atoms with E-state index in [0.29, 0.717) is 17.0 Å². The lowest BCUT2D eigenvalue weighted by Gasteiger charge is -2.32. The van der Waals surface area contributed by atoms with Crippen molar-refractivity contribution in [3.8, 4) is 11.8 Å². The highest BCUT2D eigenvalue weighted by molar-refractivity contribution is 7.89. The van der Waals surface area contributed by atoms with Crippen LogP contribution in [0.3, 0.4) is 0 Å². The molecule has 1 unspecified atom stereocenters. The first-order valence-corrected chi connectivity index (χ1v) is 11.7. The molecule has 0 saturated carbocycles. The smallest absolute Gasteiger partial charge is 0.240 e. The number of ether oxygens (including phenoxy) is 1. The molecule has 0 aliphatic heterocycles. The minimum absolute atomic E-state index is 0.0139. The van der Waals surface area contributed by atoms with Gasteiger partial charge in [-0.2, -0.15) is 5.26 Å². The fraction of sp³-hybridized carbons (Fsp3) is 0.261. The second-order valence-corrected chi connectivity index (χ2v) is 9.46. The van der Waals surface area contributed by atoms with Gasteiger partial charge in [-0.1, -0.05) is 12.1 Å². The van der Waals surface area contributed by atoms with E-state index in [4.69, 9.17) is 10.00 Å². The maximum atomic E-state index is 14.4. The molecule has 3 aromatic rings. The van der Waals surface area contributed by atoms with Gasteiger partial charge in [0.25, 0.3) is 0 Å². The first-order chi connectivity index (χ1) is 16.1. The van der Waals surface area contributed by atoms with Crippen molar-refractivity contribution in [3.63, 3.8) is 0 Å². The Labute approximate surface area is 197 Å². The topological polar surface area (TPSA) is 126 Å². The van der Waals surface area contributed by atoms with Crippen molar-refractivity contribution in [1.29, 1.82) is 5.26 Å². The van der Waals surface area contributed by atoms with Crippen LogP contribution in [0.5, 0.6) is 5.75 Å². The normalized spacial score (nSPS) is 13.0. The van der Waals surface area contributed by atoms with Gasteiger partial charge in [0.15, 0.2) is 0 Å². The van der Waals surface area contributed by atoms with Crippen molar-refractivity contribution < 1.29 is 22.3 Å². The molecule has 0 saturated heterocycles. The Balaban J connectivity index is 1.77. The summed E-state index contributed by atoms with van der Waals surface area (Å²) in [5.41, 5.74) is -0.336. The van der Waals surface area contributed by atoms with Gasteiger partial charge in [-0.05, 0) is 36.8 Å². The molecule has 9 nitrogen and oxygen atoms in total. The summed E-state index contributed by atoms with van der Waals surface area (Å²) in [6.07, 6.45) is 2.92. The lowest BCUT2D eigenvalue weighted by Crippen LogP contribution is -2.46. The molecular weight excluding hydrogens is 461 g/mol. The summed E-state index contributed by atoms with van der Waals surface area (Å²) in [5, 5.41) is 11.9. The number of imidazole rings is 1. The van der Waals surface area contributed by atoms with E-state index < -0.39 is 27.3 Å². The lowest BCUT2D eigenvalue weighted by molar-refractivity contribution is -0.122. The third kappa shape index (κ3) is 5.24. The molecule has 0 aliphatic carbocycles. The van der Waals surface area contributed by atoms with Gasteiger partial charge in [-0.25, -0.2) is 22.5 Å². The number of hydrogen-bond donors (Lipinski definition) is 2. The van der Waals surface area contributed by atoms with Crippen LogP contribution in [0.15, 0.2) is 59.9 Å². The lowest BCUT2D eigenvalue weighted by atomic mass is 9.87. The van der Waals surface area contributed by atoms with Gasteiger partial charge in [-0.3, -0.25) is 4.79 Å². The number of nitrogens with zero attached hydrogens (tertiary/aromatic N) is 3. The molecular formula is C23H24FN5O4S. The van der Waals surface area contributed by atoms with Crippen LogP contribution < -0.4 is 14.8 Å². The summed E-state index contributed by atoms with van der Waals surface area (Å²) in [6.45, 7) is 1.53. The van der Waals surface area contributed by atoms with Crippen molar-refractivity contribution in [2.45, 2.75) is 23.8 Å². The van der Waals surface area contributed by atoms with Crippen LogP contribution in [0.1, 0.15) is 30.2 Å². The van der Waals surface area contributed by atoms with Crippen molar-refractivity contribution in [2.24, 2.45) is 7.05 Å². The molecule has 0 bridgehead atoms. The van der Waals surface area contributed by atoms with E-state index in [-0.39, 0.29) is 23.4 Å².